The first kappa shape index (κ1) is 17.4. The molecule has 0 aromatic carbocycles. The second-order valence-corrected chi connectivity index (χ2v) is 7.68. The molecule has 0 bridgehead atoms. The van der Waals surface area contributed by atoms with Gasteiger partial charge in [0, 0.05) is 44.6 Å². The van der Waals surface area contributed by atoms with Gasteiger partial charge in [-0.3, -0.25) is 14.5 Å². The zero-order valence-corrected chi connectivity index (χ0v) is 15.2. The number of aryl methyl sites for hydroxylation is 1. The lowest BCUT2D eigenvalue weighted by molar-refractivity contribution is -0.132. The number of hydrogen-bond acceptors (Lipinski definition) is 5. The fraction of sp³-hybridized carbons (Fsp3) is 0.706. The topological polar surface area (TPSA) is 56.8 Å². The summed E-state index contributed by atoms with van der Waals surface area (Å²) >= 11 is 1.50. The first-order valence-corrected chi connectivity index (χ1v) is 9.73. The fourth-order valence-corrected chi connectivity index (χ4v) is 3.93. The van der Waals surface area contributed by atoms with Crippen LogP contribution in [0.4, 0.5) is 0 Å². The molecule has 132 valence electrons. The molecule has 2 fully saturated rings. The minimum Gasteiger partial charge on any atom is -0.342 e. The molecule has 2 saturated heterocycles. The van der Waals surface area contributed by atoms with Gasteiger partial charge < -0.3 is 9.80 Å². The van der Waals surface area contributed by atoms with Gasteiger partial charge in [-0.2, -0.15) is 0 Å². The lowest BCUT2D eigenvalue weighted by Crippen LogP contribution is -2.51. The van der Waals surface area contributed by atoms with Crippen molar-refractivity contribution in [2.24, 2.45) is 0 Å². The normalized spacial score (nSPS) is 20.0. The smallest absolute Gasteiger partial charge is 0.273 e. The summed E-state index contributed by atoms with van der Waals surface area (Å²) in [6, 6.07) is 0. The number of amides is 2. The van der Waals surface area contributed by atoms with Crippen molar-refractivity contribution in [3.63, 3.8) is 0 Å². The summed E-state index contributed by atoms with van der Waals surface area (Å²) in [6.45, 7) is 7.06. The van der Waals surface area contributed by atoms with E-state index in [9.17, 15) is 9.59 Å². The van der Waals surface area contributed by atoms with Crippen molar-refractivity contribution in [3.8, 4) is 0 Å². The quantitative estimate of drug-likeness (QED) is 0.831. The summed E-state index contributed by atoms with van der Waals surface area (Å²) in [7, 11) is 0. The number of carbonyl (C=O) groups is 2. The average Bonchev–Trinajstić information content (AvgIpc) is 2.85. The highest BCUT2D eigenvalue weighted by Gasteiger charge is 2.26. The van der Waals surface area contributed by atoms with E-state index in [1.165, 1.54) is 24.2 Å². The van der Waals surface area contributed by atoms with E-state index in [4.69, 9.17) is 0 Å². The Hall–Kier alpha value is -1.47. The predicted octanol–water partition coefficient (Wildman–Crippen LogP) is 1.61. The average molecular weight is 350 g/mol. The number of likely N-dealkylation sites (tertiary alicyclic amines) is 1. The van der Waals surface area contributed by atoms with Crippen LogP contribution in [0.1, 0.15) is 41.2 Å². The molecule has 0 unspecified atom stereocenters. The van der Waals surface area contributed by atoms with Gasteiger partial charge >= 0.3 is 0 Å². The summed E-state index contributed by atoms with van der Waals surface area (Å²) in [5, 5.41) is 2.74. The second-order valence-electron chi connectivity index (χ2n) is 6.62. The van der Waals surface area contributed by atoms with Gasteiger partial charge in [0.15, 0.2) is 0 Å². The third-order valence-electron chi connectivity index (χ3n) is 4.82. The Balaban J connectivity index is 1.46. The highest BCUT2D eigenvalue weighted by atomic mass is 32.1. The van der Waals surface area contributed by atoms with Crippen LogP contribution in [-0.4, -0.2) is 77.3 Å². The fourth-order valence-electron chi connectivity index (χ4n) is 3.34. The molecule has 7 heteroatoms. The molecule has 2 amide bonds. The van der Waals surface area contributed by atoms with Crippen molar-refractivity contribution in [2.45, 2.75) is 32.6 Å². The van der Waals surface area contributed by atoms with Crippen molar-refractivity contribution in [1.82, 2.24) is 19.7 Å². The molecule has 1 aromatic heterocycles. The number of hydrogen-bond donors (Lipinski definition) is 0. The van der Waals surface area contributed by atoms with E-state index in [2.05, 4.69) is 9.88 Å². The lowest BCUT2D eigenvalue weighted by atomic mass is 10.2. The van der Waals surface area contributed by atoms with Crippen LogP contribution < -0.4 is 0 Å². The van der Waals surface area contributed by atoms with Crippen LogP contribution in [0.3, 0.4) is 0 Å². The van der Waals surface area contributed by atoms with Crippen molar-refractivity contribution in [2.75, 3.05) is 45.8 Å². The molecule has 6 nitrogen and oxygen atoms in total. The Labute approximate surface area is 147 Å². The van der Waals surface area contributed by atoms with E-state index < -0.39 is 0 Å². The largest absolute Gasteiger partial charge is 0.342 e. The summed E-state index contributed by atoms with van der Waals surface area (Å²) in [6.07, 6.45) is 4.73. The van der Waals surface area contributed by atoms with E-state index in [1.54, 1.807) is 0 Å². The van der Waals surface area contributed by atoms with Gasteiger partial charge in [0.25, 0.3) is 5.91 Å². The Morgan fingerprint density at radius 1 is 1.00 bits per heavy atom. The minimum absolute atomic E-state index is 0.0119. The van der Waals surface area contributed by atoms with Crippen LogP contribution in [0, 0.1) is 6.92 Å². The molecule has 0 saturated carbocycles. The van der Waals surface area contributed by atoms with Crippen molar-refractivity contribution >= 4 is 23.2 Å². The summed E-state index contributed by atoms with van der Waals surface area (Å²) in [5.41, 5.74) is 0.548. The summed E-state index contributed by atoms with van der Waals surface area (Å²) in [4.78, 5) is 35.2. The van der Waals surface area contributed by atoms with Crippen LogP contribution in [0.5, 0.6) is 0 Å². The van der Waals surface area contributed by atoms with Crippen molar-refractivity contribution in [1.29, 1.82) is 0 Å². The third-order valence-corrected chi connectivity index (χ3v) is 5.59. The third kappa shape index (κ3) is 4.33. The SMILES string of the molecule is Cc1nc(C(=O)N2CCN(CC(=O)N3CCCCCC3)CC2)cs1. The number of aromatic nitrogens is 1. The lowest BCUT2D eigenvalue weighted by Gasteiger charge is -2.35. The number of piperazine rings is 1. The van der Waals surface area contributed by atoms with Crippen LogP contribution in [0.25, 0.3) is 0 Å². The van der Waals surface area contributed by atoms with Gasteiger partial charge in [-0.25, -0.2) is 4.98 Å². The number of nitrogens with zero attached hydrogens (tertiary/aromatic N) is 4. The van der Waals surface area contributed by atoms with Crippen LogP contribution in [0.2, 0.25) is 0 Å². The van der Waals surface area contributed by atoms with Crippen molar-refractivity contribution in [3.05, 3.63) is 16.1 Å². The van der Waals surface area contributed by atoms with Gasteiger partial charge in [0.1, 0.15) is 5.69 Å². The highest BCUT2D eigenvalue weighted by Crippen LogP contribution is 2.13. The minimum atomic E-state index is 0.0119. The maximum atomic E-state index is 12.5. The molecule has 0 radical (unpaired) electrons. The second kappa shape index (κ2) is 8.07. The zero-order chi connectivity index (χ0) is 16.9. The maximum Gasteiger partial charge on any atom is 0.273 e. The van der Waals surface area contributed by atoms with Gasteiger partial charge in [-0.15, -0.1) is 11.3 Å². The Morgan fingerprint density at radius 2 is 1.67 bits per heavy atom. The zero-order valence-electron chi connectivity index (χ0n) is 14.4. The number of thiazole rings is 1. The molecule has 0 atom stereocenters. The molecule has 0 aliphatic carbocycles. The van der Waals surface area contributed by atoms with E-state index >= 15 is 0 Å². The molecule has 2 aliphatic rings. The monoisotopic (exact) mass is 350 g/mol. The highest BCUT2D eigenvalue weighted by molar-refractivity contribution is 7.09. The predicted molar refractivity (Wildman–Crippen MR) is 94.2 cm³/mol. The van der Waals surface area contributed by atoms with Crippen LogP contribution in [0.15, 0.2) is 5.38 Å². The Kier molecular flexibility index (Phi) is 5.84. The van der Waals surface area contributed by atoms with Crippen LogP contribution >= 0.6 is 11.3 Å². The van der Waals surface area contributed by atoms with Gasteiger partial charge in [-0.05, 0) is 19.8 Å². The molecule has 1 aromatic rings. The summed E-state index contributed by atoms with van der Waals surface area (Å²) < 4.78 is 0. The molecule has 0 N–H and O–H groups in total. The first-order valence-electron chi connectivity index (χ1n) is 8.85. The van der Waals surface area contributed by atoms with Gasteiger partial charge in [0.2, 0.25) is 5.91 Å². The van der Waals surface area contributed by atoms with Crippen molar-refractivity contribution < 1.29 is 9.59 Å². The molecule has 3 rings (SSSR count). The maximum absolute atomic E-state index is 12.5. The Bertz CT molecular complexity index is 573. The van der Waals surface area contributed by atoms with E-state index in [0.29, 0.717) is 25.3 Å². The van der Waals surface area contributed by atoms with Gasteiger partial charge in [0.05, 0.1) is 11.6 Å². The number of rotatable bonds is 3. The summed E-state index contributed by atoms with van der Waals surface area (Å²) in [5.74, 6) is 0.254. The van der Waals surface area contributed by atoms with Crippen LogP contribution in [-0.2, 0) is 4.79 Å². The molecule has 24 heavy (non-hydrogen) atoms. The van der Waals surface area contributed by atoms with E-state index in [1.807, 2.05) is 22.1 Å². The standard InChI is InChI=1S/C17H26N4O2S/c1-14-18-15(13-24-14)17(23)21-10-8-19(9-11-21)12-16(22)20-6-4-2-3-5-7-20/h13H,2-12H2,1H3. The van der Waals surface area contributed by atoms with E-state index in [-0.39, 0.29) is 11.8 Å². The molecular formula is C17H26N4O2S. The molecule has 0 spiro atoms. The molecule has 3 heterocycles. The molecular weight excluding hydrogens is 324 g/mol. The number of carbonyl (C=O) groups excluding carboxylic acids is 2. The van der Waals surface area contributed by atoms with E-state index in [0.717, 1.165) is 44.0 Å². The molecule has 2 aliphatic heterocycles. The first-order chi connectivity index (χ1) is 11.6. The Morgan fingerprint density at radius 3 is 2.25 bits per heavy atom. The van der Waals surface area contributed by atoms with Gasteiger partial charge in [-0.1, -0.05) is 12.8 Å².